The van der Waals surface area contributed by atoms with E-state index in [1.165, 1.54) is 41.3 Å². The molecule has 0 saturated carbocycles. The molecule has 0 radical (unpaired) electrons. The largest absolute Gasteiger partial charge is 0.507 e. The van der Waals surface area contributed by atoms with Gasteiger partial charge >= 0.3 is 0 Å². The molecule has 1 atom stereocenters. The minimum absolute atomic E-state index is 0.0491. The molecule has 1 aliphatic rings. The van der Waals surface area contributed by atoms with Crippen molar-refractivity contribution in [1.82, 2.24) is 4.90 Å². The van der Waals surface area contributed by atoms with Gasteiger partial charge in [0.15, 0.2) is 0 Å². The first-order chi connectivity index (χ1) is 16.8. The Morgan fingerprint density at radius 2 is 1.40 bits per heavy atom. The molecule has 1 aliphatic heterocycles. The number of aliphatic hydroxyl groups excluding tert-OH is 1. The van der Waals surface area contributed by atoms with Gasteiger partial charge in [-0.05, 0) is 73.5 Å². The Balaban J connectivity index is 1.82. The average molecular weight is 477 g/mol. The maximum Gasteiger partial charge on any atom is 0.295 e. The van der Waals surface area contributed by atoms with Crippen LogP contribution in [0.25, 0.3) is 5.76 Å². The van der Waals surface area contributed by atoms with Gasteiger partial charge in [0.25, 0.3) is 11.7 Å². The number of benzene rings is 3. The molecule has 3 aromatic carbocycles. The molecule has 3 aromatic rings. The second kappa shape index (κ2) is 10.1. The first-order valence-electron chi connectivity index (χ1n) is 11.5. The predicted octanol–water partition coefficient (Wildman–Crippen LogP) is 5.43. The second-order valence-corrected chi connectivity index (χ2v) is 8.32. The Labute approximate surface area is 202 Å². The fourth-order valence-electron chi connectivity index (χ4n) is 4.40. The van der Waals surface area contributed by atoms with Crippen LogP contribution in [0, 0.1) is 11.6 Å². The first kappa shape index (κ1) is 24.1. The van der Waals surface area contributed by atoms with E-state index < -0.39 is 29.4 Å². The van der Waals surface area contributed by atoms with Crippen LogP contribution in [0.3, 0.4) is 0 Å². The number of anilines is 1. The summed E-state index contributed by atoms with van der Waals surface area (Å²) < 4.78 is 26.9. The summed E-state index contributed by atoms with van der Waals surface area (Å²) in [6.45, 7) is 5.80. The van der Waals surface area contributed by atoms with Crippen molar-refractivity contribution in [2.75, 3.05) is 18.0 Å². The van der Waals surface area contributed by atoms with Crippen LogP contribution in [0.2, 0.25) is 0 Å². The van der Waals surface area contributed by atoms with Gasteiger partial charge in [0, 0.05) is 30.9 Å². The number of aliphatic hydroxyl groups is 1. The van der Waals surface area contributed by atoms with E-state index in [2.05, 4.69) is 18.7 Å². The van der Waals surface area contributed by atoms with E-state index in [0.717, 1.165) is 18.8 Å². The smallest absolute Gasteiger partial charge is 0.295 e. The molecule has 0 aliphatic carbocycles. The van der Waals surface area contributed by atoms with E-state index in [4.69, 9.17) is 0 Å². The Morgan fingerprint density at radius 3 is 1.94 bits per heavy atom. The molecule has 1 N–H and O–H groups in total. The number of amides is 1. The highest BCUT2D eigenvalue weighted by Crippen LogP contribution is 2.40. The predicted molar refractivity (Wildman–Crippen MR) is 131 cm³/mol. The van der Waals surface area contributed by atoms with Crippen LogP contribution in [0.4, 0.5) is 14.5 Å². The van der Waals surface area contributed by atoms with Gasteiger partial charge in [-0.2, -0.15) is 0 Å². The van der Waals surface area contributed by atoms with Gasteiger partial charge in [-0.1, -0.05) is 24.3 Å². The number of rotatable bonds is 7. The standard InChI is InChI=1S/C28H26F2N2O3/c1-3-31(4-2)23-15-9-19(10-16-23)25-24(26(33)20-7-13-22(30)14-8-20)27(34)28(35)32(25)17-18-5-11-21(29)12-6-18/h5-16,25,33H,3-4,17H2,1-2H3/b26-24-. The van der Waals surface area contributed by atoms with Gasteiger partial charge < -0.3 is 14.9 Å². The average Bonchev–Trinajstić information content (AvgIpc) is 3.11. The SMILES string of the molecule is CCN(CC)c1ccc(C2/C(=C(/O)c3ccc(F)cc3)C(=O)C(=O)N2Cc2ccc(F)cc2)cc1. The summed E-state index contributed by atoms with van der Waals surface area (Å²) in [5.41, 5.74) is 2.44. The fraction of sp³-hybridized carbons (Fsp3) is 0.214. The van der Waals surface area contributed by atoms with Crippen LogP contribution in [0.1, 0.15) is 36.6 Å². The summed E-state index contributed by atoms with van der Waals surface area (Å²) in [7, 11) is 0. The number of ketones is 1. The van der Waals surface area contributed by atoms with Crippen LogP contribution in [-0.2, 0) is 16.1 Å². The normalized spacial score (nSPS) is 17.1. The van der Waals surface area contributed by atoms with Gasteiger partial charge in [0.2, 0.25) is 0 Å². The van der Waals surface area contributed by atoms with Crippen LogP contribution in [0.15, 0.2) is 78.4 Å². The molecule has 5 nitrogen and oxygen atoms in total. The van der Waals surface area contributed by atoms with Crippen LogP contribution >= 0.6 is 0 Å². The van der Waals surface area contributed by atoms with Crippen molar-refractivity contribution in [3.05, 3.63) is 107 Å². The molecule has 1 amide bonds. The summed E-state index contributed by atoms with van der Waals surface area (Å²) >= 11 is 0. The molecule has 1 saturated heterocycles. The number of carbonyl (C=O) groups is 2. The van der Waals surface area contributed by atoms with E-state index in [-0.39, 0.29) is 23.4 Å². The third kappa shape index (κ3) is 4.80. The van der Waals surface area contributed by atoms with Crippen molar-refractivity contribution in [1.29, 1.82) is 0 Å². The zero-order chi connectivity index (χ0) is 25.1. The molecule has 4 rings (SSSR count). The summed E-state index contributed by atoms with van der Waals surface area (Å²) in [5.74, 6) is -2.86. The van der Waals surface area contributed by atoms with E-state index >= 15 is 0 Å². The molecule has 1 heterocycles. The zero-order valence-corrected chi connectivity index (χ0v) is 19.5. The van der Waals surface area contributed by atoms with E-state index in [9.17, 15) is 23.5 Å². The number of halogens is 2. The molecule has 35 heavy (non-hydrogen) atoms. The van der Waals surface area contributed by atoms with Crippen LogP contribution in [-0.4, -0.2) is 34.8 Å². The van der Waals surface area contributed by atoms with Crippen molar-refractivity contribution in [3.8, 4) is 0 Å². The zero-order valence-electron chi connectivity index (χ0n) is 19.5. The van der Waals surface area contributed by atoms with Crippen molar-refractivity contribution in [3.63, 3.8) is 0 Å². The lowest BCUT2D eigenvalue weighted by Gasteiger charge is -2.27. The number of likely N-dealkylation sites (tertiary alicyclic amines) is 1. The molecule has 1 unspecified atom stereocenters. The highest BCUT2D eigenvalue weighted by Gasteiger charge is 2.46. The highest BCUT2D eigenvalue weighted by molar-refractivity contribution is 6.46. The Hall–Kier alpha value is -4.00. The van der Waals surface area contributed by atoms with E-state index in [1.54, 1.807) is 12.1 Å². The second-order valence-electron chi connectivity index (χ2n) is 8.32. The summed E-state index contributed by atoms with van der Waals surface area (Å²) in [5, 5.41) is 11.1. The van der Waals surface area contributed by atoms with Gasteiger partial charge in [-0.3, -0.25) is 9.59 Å². The molecule has 0 aromatic heterocycles. The third-order valence-electron chi connectivity index (χ3n) is 6.26. The lowest BCUT2D eigenvalue weighted by Crippen LogP contribution is -2.29. The summed E-state index contributed by atoms with van der Waals surface area (Å²) in [6.07, 6.45) is 0. The number of hydrogen-bond acceptors (Lipinski definition) is 4. The Bertz CT molecular complexity index is 1250. The molecule has 0 bridgehead atoms. The summed E-state index contributed by atoms with van der Waals surface area (Å²) in [6, 6.07) is 17.4. The van der Waals surface area contributed by atoms with Crippen molar-refractivity contribution in [2.24, 2.45) is 0 Å². The van der Waals surface area contributed by atoms with Gasteiger partial charge in [-0.25, -0.2) is 8.78 Å². The topological polar surface area (TPSA) is 60.9 Å². The highest BCUT2D eigenvalue weighted by atomic mass is 19.1. The van der Waals surface area contributed by atoms with Gasteiger partial charge in [0.05, 0.1) is 11.6 Å². The molecular weight excluding hydrogens is 450 g/mol. The number of nitrogens with zero attached hydrogens (tertiary/aromatic N) is 2. The number of Topliss-reactive ketones (excluding diaryl/α,β-unsaturated/α-hetero) is 1. The summed E-state index contributed by atoms with van der Waals surface area (Å²) in [4.78, 5) is 29.8. The Morgan fingerprint density at radius 1 is 0.857 bits per heavy atom. The maximum absolute atomic E-state index is 13.4. The minimum atomic E-state index is -0.865. The van der Waals surface area contributed by atoms with Crippen molar-refractivity contribution >= 4 is 23.1 Å². The van der Waals surface area contributed by atoms with Gasteiger partial charge in [0.1, 0.15) is 17.4 Å². The van der Waals surface area contributed by atoms with Gasteiger partial charge in [-0.15, -0.1) is 0 Å². The molecule has 1 fully saturated rings. The van der Waals surface area contributed by atoms with Crippen LogP contribution < -0.4 is 4.90 Å². The monoisotopic (exact) mass is 476 g/mol. The molecule has 7 heteroatoms. The lowest BCUT2D eigenvalue weighted by atomic mass is 9.95. The lowest BCUT2D eigenvalue weighted by molar-refractivity contribution is -0.140. The van der Waals surface area contributed by atoms with Crippen molar-refractivity contribution < 1.29 is 23.5 Å². The van der Waals surface area contributed by atoms with Crippen LogP contribution in [0.5, 0.6) is 0 Å². The molecule has 180 valence electrons. The molecule has 0 spiro atoms. The fourth-order valence-corrected chi connectivity index (χ4v) is 4.40. The third-order valence-corrected chi connectivity index (χ3v) is 6.26. The maximum atomic E-state index is 13.4. The first-order valence-corrected chi connectivity index (χ1v) is 11.5. The minimum Gasteiger partial charge on any atom is -0.507 e. The molecular formula is C28H26F2N2O3. The number of carbonyl (C=O) groups excluding carboxylic acids is 2. The van der Waals surface area contributed by atoms with E-state index in [0.29, 0.717) is 11.1 Å². The van der Waals surface area contributed by atoms with Crippen molar-refractivity contribution in [2.45, 2.75) is 26.4 Å². The number of hydrogen-bond donors (Lipinski definition) is 1. The quantitative estimate of drug-likeness (QED) is 0.281. The van der Waals surface area contributed by atoms with E-state index in [1.807, 2.05) is 24.3 Å². The Kier molecular flexibility index (Phi) is 6.96.